The average molecular weight is 461 g/mol. The summed E-state index contributed by atoms with van der Waals surface area (Å²) in [4.78, 5) is 44.2. The molecule has 0 aromatic carbocycles. The zero-order chi connectivity index (χ0) is 23.6. The highest BCUT2D eigenvalue weighted by Crippen LogP contribution is 2.53. The molecule has 1 spiro atoms. The van der Waals surface area contributed by atoms with Crippen LogP contribution in [-0.4, -0.2) is 82.8 Å². The maximum Gasteiger partial charge on any atom is 0.312 e. The number of amides is 2. The van der Waals surface area contributed by atoms with Crippen molar-refractivity contribution in [2.75, 3.05) is 26.3 Å². The molecule has 4 aliphatic heterocycles. The van der Waals surface area contributed by atoms with Crippen molar-refractivity contribution in [3.63, 3.8) is 0 Å². The van der Waals surface area contributed by atoms with Crippen LogP contribution < -0.4 is 0 Å². The summed E-state index contributed by atoms with van der Waals surface area (Å²) in [6.45, 7) is 5.06. The highest BCUT2D eigenvalue weighted by Gasteiger charge is 2.72. The Morgan fingerprint density at radius 1 is 1.18 bits per heavy atom. The van der Waals surface area contributed by atoms with Crippen LogP contribution in [0.2, 0.25) is 0 Å². The van der Waals surface area contributed by atoms with E-state index in [1.807, 2.05) is 31.2 Å². The zero-order valence-corrected chi connectivity index (χ0v) is 19.7. The van der Waals surface area contributed by atoms with E-state index in [0.717, 1.165) is 25.7 Å². The normalized spacial score (nSPS) is 35.7. The molecule has 8 nitrogen and oxygen atoms in total. The third kappa shape index (κ3) is 4.01. The van der Waals surface area contributed by atoms with Gasteiger partial charge in [-0.1, -0.05) is 51.0 Å². The first-order valence-electron chi connectivity index (χ1n) is 12.4. The number of carbonyl (C=O) groups is 3. The molecule has 33 heavy (non-hydrogen) atoms. The molecule has 4 rings (SSSR count). The molecule has 182 valence electrons. The van der Waals surface area contributed by atoms with Gasteiger partial charge in [-0.2, -0.15) is 0 Å². The van der Waals surface area contributed by atoms with Crippen molar-refractivity contribution < 1.29 is 29.0 Å². The first-order chi connectivity index (χ1) is 16.0. The molecule has 0 saturated carbocycles. The molecule has 0 aromatic heterocycles. The van der Waals surface area contributed by atoms with Gasteiger partial charge < -0.3 is 24.4 Å². The second-order valence-corrected chi connectivity index (χ2v) is 9.46. The zero-order valence-electron chi connectivity index (χ0n) is 19.7. The molecule has 2 saturated heterocycles. The van der Waals surface area contributed by atoms with Crippen LogP contribution in [0.3, 0.4) is 0 Å². The summed E-state index contributed by atoms with van der Waals surface area (Å²) in [7, 11) is 0. The quantitative estimate of drug-likeness (QED) is 0.354. The van der Waals surface area contributed by atoms with Crippen molar-refractivity contribution in [1.29, 1.82) is 0 Å². The van der Waals surface area contributed by atoms with Gasteiger partial charge in [0.15, 0.2) is 0 Å². The van der Waals surface area contributed by atoms with E-state index in [9.17, 15) is 19.5 Å². The van der Waals surface area contributed by atoms with E-state index in [1.54, 1.807) is 4.90 Å². The van der Waals surface area contributed by atoms with Gasteiger partial charge in [0.25, 0.3) is 0 Å². The summed E-state index contributed by atoms with van der Waals surface area (Å²) in [5.74, 6) is -2.63. The van der Waals surface area contributed by atoms with Crippen molar-refractivity contribution >= 4 is 17.8 Å². The number of unbranched alkanes of at least 4 members (excludes halogenated alkanes) is 2. The van der Waals surface area contributed by atoms with Crippen molar-refractivity contribution in [2.45, 2.75) is 76.2 Å². The number of likely N-dealkylation sites (tertiary alicyclic amines) is 1. The highest BCUT2D eigenvalue weighted by molar-refractivity contribution is 5.99. The monoisotopic (exact) mass is 460 g/mol. The molecule has 1 unspecified atom stereocenters. The molecule has 6 atom stereocenters. The second-order valence-electron chi connectivity index (χ2n) is 9.46. The molecular formula is C25H36N2O6. The Balaban J connectivity index is 1.78. The molecule has 0 bridgehead atoms. The van der Waals surface area contributed by atoms with E-state index in [-0.39, 0.29) is 18.4 Å². The van der Waals surface area contributed by atoms with Crippen molar-refractivity contribution in [1.82, 2.24) is 9.80 Å². The molecular weight excluding hydrogens is 424 g/mol. The molecule has 0 aromatic rings. The van der Waals surface area contributed by atoms with Crippen LogP contribution in [0.4, 0.5) is 0 Å². The van der Waals surface area contributed by atoms with E-state index in [0.29, 0.717) is 32.5 Å². The first kappa shape index (κ1) is 24.0. The number of carbonyl (C=O) groups excluding carboxylic acids is 3. The summed E-state index contributed by atoms with van der Waals surface area (Å²) < 4.78 is 12.0. The summed E-state index contributed by atoms with van der Waals surface area (Å²) in [6, 6.07) is -1.44. The van der Waals surface area contributed by atoms with Gasteiger partial charge in [-0.3, -0.25) is 14.4 Å². The molecule has 2 fully saturated rings. The Morgan fingerprint density at radius 2 is 2.00 bits per heavy atom. The maximum atomic E-state index is 13.9. The van der Waals surface area contributed by atoms with Crippen LogP contribution in [0, 0.1) is 11.8 Å². The van der Waals surface area contributed by atoms with Crippen molar-refractivity contribution in [2.24, 2.45) is 11.8 Å². The maximum absolute atomic E-state index is 13.9. The van der Waals surface area contributed by atoms with Crippen molar-refractivity contribution in [3.05, 3.63) is 24.3 Å². The lowest BCUT2D eigenvalue weighted by Crippen LogP contribution is -2.58. The van der Waals surface area contributed by atoms with E-state index in [1.165, 1.54) is 4.90 Å². The van der Waals surface area contributed by atoms with Crippen LogP contribution in [-0.2, 0) is 23.9 Å². The fourth-order valence-electron chi connectivity index (χ4n) is 5.80. The minimum Gasteiger partial charge on any atom is -0.465 e. The Hall–Kier alpha value is -2.19. The predicted octanol–water partition coefficient (Wildman–Crippen LogP) is 1.82. The molecule has 1 N–H and O–H groups in total. The average Bonchev–Trinajstić information content (AvgIpc) is 3.22. The topological polar surface area (TPSA) is 96.4 Å². The van der Waals surface area contributed by atoms with Crippen LogP contribution in [0.1, 0.15) is 52.4 Å². The van der Waals surface area contributed by atoms with E-state index < -0.39 is 41.6 Å². The van der Waals surface area contributed by atoms with Crippen LogP contribution in [0.25, 0.3) is 0 Å². The SMILES string of the molecule is CCCCCN1CC=C[C@]23O[C@H]4/C=C\CCCOC(=O)[C@H]4[C@H]2C(=O)N([C@@H](CC)CO)C3C1=O. The Morgan fingerprint density at radius 3 is 2.73 bits per heavy atom. The number of aliphatic hydroxyl groups excluding tert-OH is 1. The standard InChI is InChI=1S/C25H36N2O6/c1-3-5-8-13-26-14-10-12-25-20(19-18(33-25)11-7-6-9-15-32-24(19)31)22(29)27(17(4-2)16-28)21(25)23(26)30/h7,10-12,17-21,28H,3-6,8-9,13-16H2,1-2H3/b11-7-/t17-,18-,19+,20-,21?,25-/m0/s1. The molecule has 0 aliphatic carbocycles. The van der Waals surface area contributed by atoms with Gasteiger partial charge in [-0.25, -0.2) is 0 Å². The van der Waals surface area contributed by atoms with Gasteiger partial charge in [0.2, 0.25) is 11.8 Å². The lowest BCUT2D eigenvalue weighted by molar-refractivity contribution is -0.156. The smallest absolute Gasteiger partial charge is 0.312 e. The lowest BCUT2D eigenvalue weighted by atomic mass is 9.78. The number of allylic oxidation sites excluding steroid dienone is 1. The number of hydrogen-bond acceptors (Lipinski definition) is 6. The number of hydrogen-bond donors (Lipinski definition) is 1. The van der Waals surface area contributed by atoms with E-state index >= 15 is 0 Å². The summed E-state index contributed by atoms with van der Waals surface area (Å²) in [5.41, 5.74) is -1.26. The lowest BCUT2D eigenvalue weighted by Gasteiger charge is -2.38. The summed E-state index contributed by atoms with van der Waals surface area (Å²) >= 11 is 0. The van der Waals surface area contributed by atoms with Crippen molar-refractivity contribution in [3.8, 4) is 0 Å². The third-order valence-electron chi connectivity index (χ3n) is 7.48. The number of esters is 1. The first-order valence-corrected chi connectivity index (χ1v) is 12.4. The molecule has 2 amide bonds. The molecule has 4 heterocycles. The van der Waals surface area contributed by atoms with Gasteiger partial charge in [0, 0.05) is 13.1 Å². The van der Waals surface area contributed by atoms with Crippen LogP contribution in [0.15, 0.2) is 24.3 Å². The fraction of sp³-hybridized carbons (Fsp3) is 0.720. The summed E-state index contributed by atoms with van der Waals surface area (Å²) in [5, 5.41) is 10.1. The number of nitrogens with zero attached hydrogens (tertiary/aromatic N) is 2. The summed E-state index contributed by atoms with van der Waals surface area (Å²) in [6.07, 6.45) is 11.8. The molecule has 0 radical (unpaired) electrons. The minimum absolute atomic E-state index is 0.178. The number of cyclic esters (lactones) is 1. The van der Waals surface area contributed by atoms with Crippen LogP contribution in [0.5, 0.6) is 0 Å². The second kappa shape index (κ2) is 9.97. The Kier molecular flexibility index (Phi) is 7.24. The minimum atomic E-state index is -1.26. The largest absolute Gasteiger partial charge is 0.465 e. The number of ether oxygens (including phenoxy) is 2. The van der Waals surface area contributed by atoms with Gasteiger partial charge >= 0.3 is 5.97 Å². The number of aliphatic hydroxyl groups is 1. The van der Waals surface area contributed by atoms with Crippen LogP contribution >= 0.6 is 0 Å². The fourth-order valence-corrected chi connectivity index (χ4v) is 5.80. The Labute approximate surface area is 195 Å². The van der Waals surface area contributed by atoms with Gasteiger partial charge in [-0.15, -0.1) is 0 Å². The molecule has 4 aliphatic rings. The number of rotatable bonds is 7. The highest BCUT2D eigenvalue weighted by atomic mass is 16.6. The third-order valence-corrected chi connectivity index (χ3v) is 7.48. The number of fused-ring (bicyclic) bond motifs is 2. The Bertz CT molecular complexity index is 822. The van der Waals surface area contributed by atoms with E-state index in [4.69, 9.17) is 9.47 Å². The van der Waals surface area contributed by atoms with E-state index in [2.05, 4.69) is 6.92 Å². The van der Waals surface area contributed by atoms with Gasteiger partial charge in [0.05, 0.1) is 31.3 Å². The van der Waals surface area contributed by atoms with Gasteiger partial charge in [-0.05, 0) is 25.7 Å². The molecule has 8 heteroatoms. The predicted molar refractivity (Wildman–Crippen MR) is 121 cm³/mol. The van der Waals surface area contributed by atoms with Gasteiger partial charge in [0.1, 0.15) is 17.6 Å².